The molecule has 0 atom stereocenters. The summed E-state index contributed by atoms with van der Waals surface area (Å²) < 4.78 is 12.0. The molecule has 1 heterocycles. The zero-order valence-corrected chi connectivity index (χ0v) is 13.5. The first-order chi connectivity index (χ1) is 10.3. The molecule has 1 fully saturated rings. The van der Waals surface area contributed by atoms with Gasteiger partial charge in [-0.1, -0.05) is 15.9 Å². The van der Waals surface area contributed by atoms with Crippen molar-refractivity contribution < 1.29 is 9.15 Å². The normalized spacial score (nSPS) is 14.4. The van der Waals surface area contributed by atoms with Crippen LogP contribution in [0.15, 0.2) is 27.1 Å². The lowest BCUT2D eigenvalue weighted by Crippen LogP contribution is -2.17. The van der Waals surface area contributed by atoms with Gasteiger partial charge in [-0.05, 0) is 44.0 Å². The maximum Gasteiger partial charge on any atom is 0.251 e. The largest absolute Gasteiger partial charge is 0.496 e. The molecule has 112 valence electrons. The highest BCUT2D eigenvalue weighted by atomic mass is 79.9. The summed E-state index contributed by atoms with van der Waals surface area (Å²) >= 11 is 3.42. The number of nitrogens with one attached hydrogen (secondary N) is 1. The van der Waals surface area contributed by atoms with Crippen LogP contribution in [0.4, 0.5) is 0 Å². The first kappa shape index (κ1) is 14.5. The molecule has 0 spiro atoms. The molecule has 0 aliphatic heterocycles. The molecular weight excluding hydrogens is 334 g/mol. The number of aromatic nitrogens is 2. The van der Waals surface area contributed by atoms with E-state index in [1.165, 1.54) is 12.8 Å². The minimum atomic E-state index is 0.504. The summed E-state index contributed by atoms with van der Waals surface area (Å²) in [4.78, 5) is 0. The number of halogens is 1. The van der Waals surface area contributed by atoms with Gasteiger partial charge in [0.2, 0.25) is 5.89 Å². The molecule has 1 aliphatic carbocycles. The quantitative estimate of drug-likeness (QED) is 0.776. The lowest BCUT2D eigenvalue weighted by atomic mass is 10.2. The van der Waals surface area contributed by atoms with E-state index in [1.54, 1.807) is 7.11 Å². The molecule has 6 heteroatoms. The van der Waals surface area contributed by atoms with Gasteiger partial charge in [-0.2, -0.15) is 0 Å². The second-order valence-electron chi connectivity index (χ2n) is 5.18. The lowest BCUT2D eigenvalue weighted by Gasteiger charge is -2.05. The van der Waals surface area contributed by atoms with E-state index in [-0.39, 0.29) is 0 Å². The Morgan fingerprint density at radius 1 is 1.38 bits per heavy atom. The van der Waals surface area contributed by atoms with Crippen molar-refractivity contribution in [1.29, 1.82) is 0 Å². The number of hydrogen-bond acceptors (Lipinski definition) is 5. The van der Waals surface area contributed by atoms with Gasteiger partial charge in [0.15, 0.2) is 0 Å². The second-order valence-corrected chi connectivity index (χ2v) is 6.09. The van der Waals surface area contributed by atoms with Gasteiger partial charge < -0.3 is 14.5 Å². The van der Waals surface area contributed by atoms with Crippen LogP contribution in [-0.4, -0.2) is 29.9 Å². The average molecular weight is 352 g/mol. The summed E-state index contributed by atoms with van der Waals surface area (Å²) in [5.41, 5.74) is 0.815. The molecule has 0 bridgehead atoms. The molecule has 0 radical (unpaired) electrons. The maximum absolute atomic E-state index is 5.73. The smallest absolute Gasteiger partial charge is 0.251 e. The van der Waals surface area contributed by atoms with Gasteiger partial charge in [0.1, 0.15) is 5.75 Å². The van der Waals surface area contributed by atoms with Crippen LogP contribution in [0.1, 0.15) is 25.2 Å². The molecule has 5 nitrogen and oxygen atoms in total. The van der Waals surface area contributed by atoms with Crippen molar-refractivity contribution in [2.75, 3.05) is 13.7 Å². The third-order valence-corrected chi connectivity index (χ3v) is 3.93. The highest BCUT2D eigenvalue weighted by Gasteiger charge is 2.19. The minimum Gasteiger partial charge on any atom is -0.496 e. The van der Waals surface area contributed by atoms with E-state index in [9.17, 15) is 0 Å². The Morgan fingerprint density at radius 3 is 3.00 bits per heavy atom. The fraction of sp³-hybridized carbons (Fsp3) is 0.467. The predicted molar refractivity (Wildman–Crippen MR) is 83.3 cm³/mol. The van der Waals surface area contributed by atoms with Gasteiger partial charge in [-0.25, -0.2) is 0 Å². The highest BCUT2D eigenvalue weighted by Crippen LogP contribution is 2.31. The van der Waals surface area contributed by atoms with E-state index >= 15 is 0 Å². The molecule has 2 aromatic rings. The lowest BCUT2D eigenvalue weighted by molar-refractivity contribution is 0.413. The second kappa shape index (κ2) is 6.58. The minimum absolute atomic E-state index is 0.504. The van der Waals surface area contributed by atoms with Crippen LogP contribution in [0, 0.1) is 0 Å². The zero-order valence-electron chi connectivity index (χ0n) is 11.9. The number of ether oxygens (including phenoxy) is 1. The van der Waals surface area contributed by atoms with Gasteiger partial charge in [0.25, 0.3) is 5.89 Å². The van der Waals surface area contributed by atoms with Crippen molar-refractivity contribution in [3.8, 4) is 17.2 Å². The number of hydrogen-bond donors (Lipinski definition) is 1. The standard InChI is InChI=1S/C15H18BrN3O2/c1-20-13-9-10(16)4-7-12(13)15-19-18-14(21-15)3-2-8-17-11-5-6-11/h4,7,9,11,17H,2-3,5-6,8H2,1H3. The zero-order chi connectivity index (χ0) is 14.7. The Hall–Kier alpha value is -1.40. The van der Waals surface area contributed by atoms with E-state index in [1.807, 2.05) is 18.2 Å². The summed E-state index contributed by atoms with van der Waals surface area (Å²) in [5.74, 6) is 1.90. The fourth-order valence-corrected chi connectivity index (χ4v) is 2.48. The topological polar surface area (TPSA) is 60.2 Å². The highest BCUT2D eigenvalue weighted by molar-refractivity contribution is 9.10. The van der Waals surface area contributed by atoms with Gasteiger partial charge in [-0.15, -0.1) is 10.2 Å². The molecule has 3 rings (SSSR count). The molecule has 1 saturated carbocycles. The molecule has 1 aromatic heterocycles. The van der Waals surface area contributed by atoms with E-state index in [0.717, 1.165) is 41.2 Å². The van der Waals surface area contributed by atoms with Crippen molar-refractivity contribution in [2.24, 2.45) is 0 Å². The summed E-state index contributed by atoms with van der Waals surface area (Å²) in [5, 5.41) is 11.7. The van der Waals surface area contributed by atoms with Gasteiger partial charge >= 0.3 is 0 Å². The van der Waals surface area contributed by atoms with Crippen LogP contribution in [0.5, 0.6) is 5.75 Å². The number of rotatable bonds is 7. The molecule has 1 N–H and O–H groups in total. The van der Waals surface area contributed by atoms with Crippen molar-refractivity contribution in [1.82, 2.24) is 15.5 Å². The molecule has 21 heavy (non-hydrogen) atoms. The van der Waals surface area contributed by atoms with Crippen molar-refractivity contribution in [2.45, 2.75) is 31.7 Å². The molecule has 0 amide bonds. The third kappa shape index (κ3) is 3.83. The molecular formula is C15H18BrN3O2. The monoisotopic (exact) mass is 351 g/mol. The number of methoxy groups -OCH3 is 1. The molecule has 1 aliphatic rings. The SMILES string of the molecule is COc1cc(Br)ccc1-c1nnc(CCCNC2CC2)o1. The maximum atomic E-state index is 5.73. The first-order valence-electron chi connectivity index (χ1n) is 7.16. The Balaban J connectivity index is 1.63. The van der Waals surface area contributed by atoms with Crippen molar-refractivity contribution in [3.05, 3.63) is 28.6 Å². The van der Waals surface area contributed by atoms with Gasteiger partial charge in [0, 0.05) is 16.9 Å². The molecule has 0 unspecified atom stereocenters. The van der Waals surface area contributed by atoms with Crippen molar-refractivity contribution >= 4 is 15.9 Å². The summed E-state index contributed by atoms with van der Waals surface area (Å²) in [6.45, 7) is 1.00. The van der Waals surface area contributed by atoms with Crippen molar-refractivity contribution in [3.63, 3.8) is 0 Å². The van der Waals surface area contributed by atoms with Crippen LogP contribution >= 0.6 is 15.9 Å². The Bertz CT molecular complexity index is 611. The number of aryl methyl sites for hydroxylation is 1. The number of benzene rings is 1. The van der Waals surface area contributed by atoms with E-state index in [0.29, 0.717) is 11.8 Å². The van der Waals surface area contributed by atoms with E-state index in [2.05, 4.69) is 31.4 Å². The van der Waals surface area contributed by atoms with Crippen LogP contribution in [-0.2, 0) is 6.42 Å². The summed E-state index contributed by atoms with van der Waals surface area (Å²) in [6.07, 6.45) is 4.43. The Labute approximate surface area is 132 Å². The van der Waals surface area contributed by atoms with Gasteiger partial charge in [0.05, 0.1) is 12.7 Å². The third-order valence-electron chi connectivity index (χ3n) is 3.44. The van der Waals surface area contributed by atoms with Crippen LogP contribution in [0.2, 0.25) is 0 Å². The molecule has 0 saturated heterocycles. The Morgan fingerprint density at radius 2 is 2.24 bits per heavy atom. The van der Waals surface area contributed by atoms with Gasteiger partial charge in [-0.3, -0.25) is 0 Å². The van der Waals surface area contributed by atoms with Crippen LogP contribution in [0.3, 0.4) is 0 Å². The van der Waals surface area contributed by atoms with E-state index < -0.39 is 0 Å². The Kier molecular flexibility index (Phi) is 4.55. The van der Waals surface area contributed by atoms with E-state index in [4.69, 9.17) is 9.15 Å². The van der Waals surface area contributed by atoms with Crippen LogP contribution < -0.4 is 10.1 Å². The summed E-state index contributed by atoms with van der Waals surface area (Å²) in [6, 6.07) is 6.48. The average Bonchev–Trinajstić information content (AvgIpc) is 3.20. The summed E-state index contributed by atoms with van der Waals surface area (Å²) in [7, 11) is 1.63. The molecule has 1 aromatic carbocycles. The fourth-order valence-electron chi connectivity index (χ4n) is 2.14. The number of nitrogens with zero attached hydrogens (tertiary/aromatic N) is 2. The first-order valence-corrected chi connectivity index (χ1v) is 7.95. The predicted octanol–water partition coefficient (Wildman–Crippen LogP) is 3.19. The van der Waals surface area contributed by atoms with Crippen LogP contribution in [0.25, 0.3) is 11.5 Å².